The molecule has 4 nitrogen and oxygen atoms in total. The first-order chi connectivity index (χ1) is 7.96. The van der Waals surface area contributed by atoms with Gasteiger partial charge in [-0.15, -0.1) is 0 Å². The van der Waals surface area contributed by atoms with Crippen molar-refractivity contribution < 1.29 is 13.5 Å². The fourth-order valence-corrected chi connectivity index (χ4v) is 3.28. The molecule has 1 aromatic rings. The predicted molar refractivity (Wildman–Crippen MR) is 74.8 cm³/mol. The Morgan fingerprint density at radius 3 is 2.22 bits per heavy atom. The van der Waals surface area contributed by atoms with E-state index in [1.54, 1.807) is 39.8 Å². The molecule has 0 saturated heterocycles. The summed E-state index contributed by atoms with van der Waals surface area (Å²) in [6.07, 6.45) is 0. The highest BCUT2D eigenvalue weighted by atomic mass is 79.9. The van der Waals surface area contributed by atoms with E-state index in [-0.39, 0.29) is 4.90 Å². The van der Waals surface area contributed by atoms with Gasteiger partial charge in [-0.05, 0) is 45.9 Å². The Balaban J connectivity index is 3.11. The van der Waals surface area contributed by atoms with E-state index in [4.69, 9.17) is 0 Å². The zero-order chi connectivity index (χ0) is 14.2. The number of hydrogen-bond donors (Lipinski definition) is 2. The lowest BCUT2D eigenvalue weighted by Crippen LogP contribution is -2.57. The largest absolute Gasteiger partial charge is 0.389 e. The number of rotatable bonds is 4. The normalized spacial score (nSPS) is 13.7. The van der Waals surface area contributed by atoms with E-state index in [2.05, 4.69) is 20.7 Å². The second-order valence-corrected chi connectivity index (χ2v) is 7.84. The van der Waals surface area contributed by atoms with Crippen LogP contribution in [0.5, 0.6) is 0 Å². The maximum Gasteiger partial charge on any atom is 0.241 e. The van der Waals surface area contributed by atoms with Gasteiger partial charge in [-0.1, -0.05) is 22.0 Å². The van der Waals surface area contributed by atoms with Crippen molar-refractivity contribution in [3.63, 3.8) is 0 Å². The molecule has 0 fully saturated rings. The van der Waals surface area contributed by atoms with Crippen LogP contribution in [0.4, 0.5) is 0 Å². The lowest BCUT2D eigenvalue weighted by Gasteiger charge is -2.37. The lowest BCUT2D eigenvalue weighted by molar-refractivity contribution is 0.00639. The molecule has 0 spiro atoms. The van der Waals surface area contributed by atoms with Crippen LogP contribution in [0.3, 0.4) is 0 Å². The highest BCUT2D eigenvalue weighted by Crippen LogP contribution is 2.24. The van der Waals surface area contributed by atoms with Gasteiger partial charge >= 0.3 is 0 Å². The minimum absolute atomic E-state index is 0.161. The Kier molecular flexibility index (Phi) is 4.27. The van der Waals surface area contributed by atoms with Gasteiger partial charge in [-0.25, -0.2) is 13.1 Å². The first kappa shape index (κ1) is 15.6. The van der Waals surface area contributed by atoms with Crippen molar-refractivity contribution >= 4 is 26.0 Å². The van der Waals surface area contributed by atoms with Crippen molar-refractivity contribution in [2.24, 2.45) is 0 Å². The van der Waals surface area contributed by atoms with Gasteiger partial charge in [0.1, 0.15) is 0 Å². The summed E-state index contributed by atoms with van der Waals surface area (Å²) in [5.74, 6) is 0. The summed E-state index contributed by atoms with van der Waals surface area (Å²) in [4.78, 5) is 0.161. The summed E-state index contributed by atoms with van der Waals surface area (Å²) in [7, 11) is -3.66. The fraction of sp³-hybridized carbons (Fsp3) is 0.500. The molecule has 0 bridgehead atoms. The summed E-state index contributed by atoms with van der Waals surface area (Å²) >= 11 is 3.23. The highest BCUT2D eigenvalue weighted by Gasteiger charge is 2.38. The zero-order valence-corrected chi connectivity index (χ0v) is 13.3. The van der Waals surface area contributed by atoms with Gasteiger partial charge in [-0.2, -0.15) is 0 Å². The Morgan fingerprint density at radius 2 is 1.78 bits per heavy atom. The Hall–Kier alpha value is -0.430. The lowest BCUT2D eigenvalue weighted by atomic mass is 9.87. The smallest absolute Gasteiger partial charge is 0.241 e. The molecule has 18 heavy (non-hydrogen) atoms. The van der Waals surface area contributed by atoms with Crippen LogP contribution in [0.1, 0.15) is 27.7 Å². The topological polar surface area (TPSA) is 66.4 Å². The van der Waals surface area contributed by atoms with Crippen molar-refractivity contribution in [1.29, 1.82) is 0 Å². The third kappa shape index (κ3) is 3.54. The molecule has 0 radical (unpaired) electrons. The molecule has 1 rings (SSSR count). The number of sulfonamides is 1. The van der Waals surface area contributed by atoms with Crippen LogP contribution >= 0.6 is 15.9 Å². The fourth-order valence-electron chi connectivity index (χ4n) is 1.15. The first-order valence-corrected chi connectivity index (χ1v) is 7.75. The minimum Gasteiger partial charge on any atom is -0.389 e. The maximum absolute atomic E-state index is 12.2. The molecule has 0 aliphatic carbocycles. The van der Waals surface area contributed by atoms with Crippen molar-refractivity contribution in [3.8, 4) is 0 Å². The molecule has 0 aromatic heterocycles. The molecule has 102 valence electrons. The van der Waals surface area contributed by atoms with E-state index < -0.39 is 21.2 Å². The third-order valence-electron chi connectivity index (χ3n) is 3.03. The third-order valence-corrected chi connectivity index (χ3v) is 5.17. The first-order valence-electron chi connectivity index (χ1n) is 5.48. The van der Waals surface area contributed by atoms with Crippen molar-refractivity contribution in [3.05, 3.63) is 28.7 Å². The molecular weight excluding hydrogens is 318 g/mol. The quantitative estimate of drug-likeness (QED) is 0.886. The monoisotopic (exact) mass is 335 g/mol. The van der Waals surface area contributed by atoms with E-state index in [0.717, 1.165) is 0 Å². The SMILES string of the molecule is CC(C)(O)C(C)(C)NS(=O)(=O)c1cccc(Br)c1. The van der Waals surface area contributed by atoms with Crippen LogP contribution in [0.2, 0.25) is 0 Å². The molecule has 2 N–H and O–H groups in total. The standard InChI is InChI=1S/C12H18BrNO3S/c1-11(2,12(3,4)15)14-18(16,17)10-7-5-6-9(13)8-10/h5-8,14-15H,1-4H3. The summed E-state index contributed by atoms with van der Waals surface area (Å²) in [5, 5.41) is 9.97. The number of benzene rings is 1. The molecule has 1 aromatic carbocycles. The molecule has 0 saturated carbocycles. The van der Waals surface area contributed by atoms with Crippen molar-refractivity contribution in [2.75, 3.05) is 0 Å². The molecule has 0 amide bonds. The van der Waals surface area contributed by atoms with Gasteiger partial charge in [0.05, 0.1) is 16.0 Å². The molecule has 0 aliphatic rings. The summed E-state index contributed by atoms with van der Waals surface area (Å²) in [6.45, 7) is 6.41. The van der Waals surface area contributed by atoms with E-state index in [0.29, 0.717) is 4.47 Å². The molecule has 6 heteroatoms. The van der Waals surface area contributed by atoms with Gasteiger partial charge in [0.25, 0.3) is 0 Å². The summed E-state index contributed by atoms with van der Waals surface area (Å²) in [5.41, 5.74) is -2.15. The number of aliphatic hydroxyl groups is 1. The average molecular weight is 336 g/mol. The van der Waals surface area contributed by atoms with E-state index in [1.165, 1.54) is 12.1 Å². The molecule has 0 aliphatic heterocycles. The Bertz CT molecular complexity index is 532. The molecule has 0 unspecified atom stereocenters. The molecule has 0 heterocycles. The second kappa shape index (κ2) is 4.92. The van der Waals surface area contributed by atoms with Gasteiger partial charge in [0.2, 0.25) is 10.0 Å². The highest BCUT2D eigenvalue weighted by molar-refractivity contribution is 9.10. The van der Waals surface area contributed by atoms with Gasteiger partial charge in [0.15, 0.2) is 0 Å². The summed E-state index contributed by atoms with van der Waals surface area (Å²) < 4.78 is 27.6. The number of halogens is 1. The Labute approximate surface area is 117 Å². The van der Waals surface area contributed by atoms with Gasteiger partial charge < -0.3 is 5.11 Å². The Morgan fingerprint density at radius 1 is 1.22 bits per heavy atom. The van der Waals surface area contributed by atoms with Crippen LogP contribution in [-0.2, 0) is 10.0 Å². The van der Waals surface area contributed by atoms with Crippen LogP contribution in [-0.4, -0.2) is 24.7 Å². The molecule has 0 atom stereocenters. The number of nitrogens with one attached hydrogen (secondary N) is 1. The maximum atomic E-state index is 12.2. The predicted octanol–water partition coefficient (Wildman–Crippen LogP) is 2.28. The van der Waals surface area contributed by atoms with E-state index in [9.17, 15) is 13.5 Å². The second-order valence-electron chi connectivity index (χ2n) is 5.25. The van der Waals surface area contributed by atoms with Crippen LogP contribution < -0.4 is 4.72 Å². The van der Waals surface area contributed by atoms with Crippen molar-refractivity contribution in [2.45, 2.75) is 43.7 Å². The molecular formula is C12H18BrNO3S. The van der Waals surface area contributed by atoms with Gasteiger partial charge in [0, 0.05) is 4.47 Å². The van der Waals surface area contributed by atoms with Gasteiger partial charge in [-0.3, -0.25) is 0 Å². The van der Waals surface area contributed by atoms with Crippen LogP contribution in [0.15, 0.2) is 33.6 Å². The minimum atomic E-state index is -3.66. The van der Waals surface area contributed by atoms with Crippen LogP contribution in [0, 0.1) is 0 Å². The number of hydrogen-bond acceptors (Lipinski definition) is 3. The summed E-state index contributed by atoms with van der Waals surface area (Å²) in [6, 6.07) is 6.42. The van der Waals surface area contributed by atoms with Crippen LogP contribution in [0.25, 0.3) is 0 Å². The zero-order valence-electron chi connectivity index (χ0n) is 10.9. The van der Waals surface area contributed by atoms with Crippen molar-refractivity contribution in [1.82, 2.24) is 4.72 Å². The average Bonchev–Trinajstić information content (AvgIpc) is 2.14. The van der Waals surface area contributed by atoms with E-state index in [1.807, 2.05) is 0 Å². The van der Waals surface area contributed by atoms with E-state index >= 15 is 0 Å².